The molecule has 3 aromatic heterocycles. The van der Waals surface area contributed by atoms with Crippen molar-refractivity contribution in [2.45, 2.75) is 0 Å². The number of allylic oxidation sites excluding steroid dienone is 2. The molecule has 0 N–H and O–H groups in total. The number of pyridine rings is 3. The van der Waals surface area contributed by atoms with Crippen LogP contribution in [0.4, 0.5) is 0 Å². The second-order valence-corrected chi connectivity index (χ2v) is 5.37. The van der Waals surface area contributed by atoms with Gasteiger partial charge in [-0.05, 0) is 54.6 Å². The minimum Gasteiger partial charge on any atom is -0.289 e. The zero-order valence-corrected chi connectivity index (χ0v) is 13.8. The molecule has 0 aliphatic rings. The number of hydrogen-bond donors (Lipinski definition) is 0. The van der Waals surface area contributed by atoms with E-state index in [4.69, 9.17) is 0 Å². The van der Waals surface area contributed by atoms with Crippen molar-refractivity contribution in [3.63, 3.8) is 0 Å². The molecule has 0 unspecified atom stereocenters. The van der Waals surface area contributed by atoms with Gasteiger partial charge in [0.1, 0.15) is 0 Å². The molecule has 0 aliphatic carbocycles. The molecule has 126 valence electrons. The highest BCUT2D eigenvalue weighted by Gasteiger charge is 2.08. The van der Waals surface area contributed by atoms with Gasteiger partial charge >= 0.3 is 0 Å². The van der Waals surface area contributed by atoms with Crippen LogP contribution in [0.2, 0.25) is 0 Å². The molecule has 0 saturated carbocycles. The lowest BCUT2D eigenvalue weighted by Crippen LogP contribution is -2.01. The highest BCUT2D eigenvalue weighted by Crippen LogP contribution is 2.08. The smallest absolute Gasteiger partial charge is 0.187 e. The molecular formula is C21H15N3O2. The Hall–Kier alpha value is -3.73. The first-order valence-corrected chi connectivity index (χ1v) is 7.94. The van der Waals surface area contributed by atoms with Gasteiger partial charge in [-0.2, -0.15) is 0 Å². The Morgan fingerprint density at radius 2 is 1.23 bits per heavy atom. The van der Waals surface area contributed by atoms with E-state index in [0.29, 0.717) is 22.5 Å². The quantitative estimate of drug-likeness (QED) is 0.505. The minimum atomic E-state index is -0.244. The summed E-state index contributed by atoms with van der Waals surface area (Å²) in [5.41, 5.74) is 2.04. The molecule has 0 amide bonds. The summed E-state index contributed by atoms with van der Waals surface area (Å²) < 4.78 is 0. The Morgan fingerprint density at radius 3 is 1.65 bits per heavy atom. The molecule has 0 fully saturated rings. The van der Waals surface area contributed by atoms with Crippen LogP contribution < -0.4 is 0 Å². The Kier molecular flexibility index (Phi) is 5.52. The fraction of sp³-hybridized carbons (Fsp3) is 0. The van der Waals surface area contributed by atoms with E-state index >= 15 is 0 Å². The van der Waals surface area contributed by atoms with Gasteiger partial charge in [0, 0.05) is 35.9 Å². The minimum absolute atomic E-state index is 0.244. The van der Waals surface area contributed by atoms with Gasteiger partial charge in [-0.15, -0.1) is 0 Å². The van der Waals surface area contributed by atoms with Crippen LogP contribution in [0.15, 0.2) is 79.4 Å². The molecule has 0 aliphatic heterocycles. The zero-order chi connectivity index (χ0) is 18.2. The lowest BCUT2D eigenvalue weighted by molar-refractivity contribution is 0.104. The lowest BCUT2D eigenvalue weighted by atomic mass is 10.1. The van der Waals surface area contributed by atoms with Crippen molar-refractivity contribution < 1.29 is 9.59 Å². The SMILES string of the molecule is O=C(/C=C\c1ccccn1)c1cncc(C(=O)/C=C\c2ccccn2)c1. The van der Waals surface area contributed by atoms with Crippen molar-refractivity contribution in [2.75, 3.05) is 0 Å². The second kappa shape index (κ2) is 8.39. The van der Waals surface area contributed by atoms with Crippen LogP contribution in [0.3, 0.4) is 0 Å². The predicted molar refractivity (Wildman–Crippen MR) is 99.4 cm³/mol. The first-order valence-electron chi connectivity index (χ1n) is 7.94. The second-order valence-electron chi connectivity index (χ2n) is 5.37. The fourth-order valence-electron chi connectivity index (χ4n) is 2.17. The summed E-state index contributed by atoms with van der Waals surface area (Å²) in [6.45, 7) is 0. The van der Waals surface area contributed by atoms with Gasteiger partial charge in [0.25, 0.3) is 0 Å². The van der Waals surface area contributed by atoms with E-state index in [2.05, 4.69) is 15.0 Å². The topological polar surface area (TPSA) is 72.8 Å². The van der Waals surface area contributed by atoms with Crippen molar-refractivity contribution in [1.82, 2.24) is 15.0 Å². The average molecular weight is 341 g/mol. The summed E-state index contributed by atoms with van der Waals surface area (Å²) in [5, 5.41) is 0. The molecule has 0 spiro atoms. The van der Waals surface area contributed by atoms with E-state index in [-0.39, 0.29) is 11.6 Å². The molecular weight excluding hydrogens is 326 g/mol. The van der Waals surface area contributed by atoms with E-state index < -0.39 is 0 Å². The number of carbonyl (C=O) groups excluding carboxylic acids is 2. The van der Waals surface area contributed by atoms with Crippen LogP contribution in [-0.2, 0) is 0 Å². The number of nitrogens with zero attached hydrogens (tertiary/aromatic N) is 3. The largest absolute Gasteiger partial charge is 0.289 e. The Bertz CT molecular complexity index is 888. The molecule has 3 heterocycles. The summed E-state index contributed by atoms with van der Waals surface area (Å²) in [4.78, 5) is 36.8. The summed E-state index contributed by atoms with van der Waals surface area (Å²) in [6, 6.07) is 12.4. The summed E-state index contributed by atoms with van der Waals surface area (Å²) in [5.74, 6) is -0.488. The number of rotatable bonds is 6. The Morgan fingerprint density at radius 1 is 0.731 bits per heavy atom. The van der Waals surface area contributed by atoms with Crippen LogP contribution in [0.25, 0.3) is 12.2 Å². The Labute approximate surface area is 150 Å². The van der Waals surface area contributed by atoms with Gasteiger partial charge in [0.2, 0.25) is 0 Å². The maximum absolute atomic E-state index is 12.3. The molecule has 5 nitrogen and oxygen atoms in total. The van der Waals surface area contributed by atoms with Crippen LogP contribution in [-0.4, -0.2) is 26.5 Å². The highest BCUT2D eigenvalue weighted by molar-refractivity contribution is 6.10. The predicted octanol–water partition coefficient (Wildman–Crippen LogP) is 3.66. The third kappa shape index (κ3) is 4.64. The third-order valence-electron chi connectivity index (χ3n) is 3.49. The zero-order valence-electron chi connectivity index (χ0n) is 13.8. The molecule has 0 bridgehead atoms. The Balaban J connectivity index is 1.73. The van der Waals surface area contributed by atoms with Crippen molar-refractivity contribution in [2.24, 2.45) is 0 Å². The number of carbonyl (C=O) groups is 2. The molecule has 3 rings (SSSR count). The van der Waals surface area contributed by atoms with E-state index in [1.54, 1.807) is 48.8 Å². The highest BCUT2D eigenvalue weighted by atomic mass is 16.1. The molecule has 0 atom stereocenters. The van der Waals surface area contributed by atoms with Gasteiger partial charge < -0.3 is 0 Å². The van der Waals surface area contributed by atoms with Crippen molar-refractivity contribution in [3.8, 4) is 0 Å². The van der Waals surface area contributed by atoms with E-state index in [1.165, 1.54) is 30.6 Å². The summed E-state index contributed by atoms with van der Waals surface area (Å²) in [7, 11) is 0. The summed E-state index contributed by atoms with van der Waals surface area (Å²) >= 11 is 0. The van der Waals surface area contributed by atoms with Gasteiger partial charge in [0.15, 0.2) is 11.6 Å². The van der Waals surface area contributed by atoms with Crippen LogP contribution >= 0.6 is 0 Å². The summed E-state index contributed by atoms with van der Waals surface area (Å²) in [6.07, 6.45) is 12.2. The van der Waals surface area contributed by atoms with Gasteiger partial charge in [-0.1, -0.05) is 12.1 Å². The maximum atomic E-state index is 12.3. The van der Waals surface area contributed by atoms with Crippen molar-refractivity contribution in [1.29, 1.82) is 0 Å². The molecule has 0 saturated heterocycles. The van der Waals surface area contributed by atoms with E-state index in [1.807, 2.05) is 12.1 Å². The third-order valence-corrected chi connectivity index (χ3v) is 3.49. The molecule has 0 aromatic carbocycles. The lowest BCUT2D eigenvalue weighted by Gasteiger charge is -1.99. The first kappa shape index (κ1) is 17.1. The van der Waals surface area contributed by atoms with Gasteiger partial charge in [-0.25, -0.2) is 0 Å². The molecule has 26 heavy (non-hydrogen) atoms. The molecule has 5 heteroatoms. The van der Waals surface area contributed by atoms with Gasteiger partial charge in [-0.3, -0.25) is 24.5 Å². The van der Waals surface area contributed by atoms with Crippen molar-refractivity contribution >= 4 is 23.7 Å². The first-order chi connectivity index (χ1) is 12.7. The van der Waals surface area contributed by atoms with Crippen LogP contribution in [0.5, 0.6) is 0 Å². The van der Waals surface area contributed by atoms with Crippen LogP contribution in [0, 0.1) is 0 Å². The number of hydrogen-bond acceptors (Lipinski definition) is 5. The normalized spacial score (nSPS) is 11.1. The van der Waals surface area contributed by atoms with E-state index in [0.717, 1.165) is 0 Å². The molecule has 0 radical (unpaired) electrons. The van der Waals surface area contributed by atoms with Gasteiger partial charge in [0.05, 0.1) is 11.4 Å². The maximum Gasteiger partial charge on any atom is 0.187 e. The fourth-order valence-corrected chi connectivity index (χ4v) is 2.17. The number of aromatic nitrogens is 3. The monoisotopic (exact) mass is 341 g/mol. The van der Waals surface area contributed by atoms with Crippen LogP contribution in [0.1, 0.15) is 32.1 Å². The van der Waals surface area contributed by atoms with Crippen molar-refractivity contribution in [3.05, 3.63) is 102 Å². The molecule has 3 aromatic rings. The standard InChI is InChI=1S/C21H15N3O2/c25-20(9-7-18-5-1-3-11-23-18)16-13-17(15-22-14-16)21(26)10-8-19-6-2-4-12-24-19/h1-15H/b9-7-,10-8-. The average Bonchev–Trinajstić information content (AvgIpc) is 2.72. The van der Waals surface area contributed by atoms with E-state index in [9.17, 15) is 9.59 Å². The number of ketones is 2.